The van der Waals surface area contributed by atoms with Crippen LogP contribution >= 0.6 is 0 Å². The van der Waals surface area contributed by atoms with E-state index in [2.05, 4.69) is 61.5 Å². The van der Waals surface area contributed by atoms with Gasteiger partial charge in [0.2, 0.25) is 0 Å². The van der Waals surface area contributed by atoms with Gasteiger partial charge in [0, 0.05) is 35.5 Å². The molecule has 2 aromatic carbocycles. The Morgan fingerprint density at radius 2 is 1.88 bits per heavy atom. The topological polar surface area (TPSA) is 63.1 Å². The highest BCUT2D eigenvalue weighted by Gasteiger charge is 2.53. The fourth-order valence-electron chi connectivity index (χ4n) is 6.30. The van der Waals surface area contributed by atoms with Gasteiger partial charge in [-0.05, 0) is 62.1 Å². The average molecular weight is 441 g/mol. The molecule has 4 nitrogen and oxygen atoms in total. The predicted molar refractivity (Wildman–Crippen MR) is 130 cm³/mol. The van der Waals surface area contributed by atoms with Crippen molar-refractivity contribution in [1.29, 1.82) is 0 Å². The van der Waals surface area contributed by atoms with E-state index in [1.165, 1.54) is 16.7 Å². The lowest BCUT2D eigenvalue weighted by molar-refractivity contribution is -0.128. The first-order valence-electron chi connectivity index (χ1n) is 12.2. The van der Waals surface area contributed by atoms with Crippen molar-refractivity contribution in [2.75, 3.05) is 6.61 Å². The molecule has 1 N–H and O–H groups in total. The molecule has 1 heterocycles. The number of nitrogens with zero attached hydrogens (tertiary/aromatic N) is 2. The van der Waals surface area contributed by atoms with Gasteiger partial charge in [0.25, 0.3) is 0 Å². The van der Waals surface area contributed by atoms with Crippen LogP contribution in [-0.4, -0.2) is 27.5 Å². The number of hydrogen-bond donors (Lipinski definition) is 1. The Balaban J connectivity index is 1.71. The third kappa shape index (κ3) is 3.71. The predicted octanol–water partition coefficient (Wildman–Crippen LogP) is 5.22. The number of aliphatic hydroxyl groups is 1. The highest BCUT2D eigenvalue weighted by atomic mass is 16.2. The SMILES string of the molecule is Cc1nc(-c2cccc(CCCO)c2)c2c(n1)[C@@]1(c3ccccc3)CCC(=O)[C@@H](C)[C@@H]1CC2. The molecular formula is C29H32N2O2. The zero-order valence-corrected chi connectivity index (χ0v) is 19.6. The van der Waals surface area contributed by atoms with Crippen LogP contribution in [0.2, 0.25) is 0 Å². The number of Topliss-reactive ketones (excluding diaryl/α,β-unsaturated/α-hetero) is 1. The van der Waals surface area contributed by atoms with Gasteiger partial charge < -0.3 is 5.11 Å². The van der Waals surface area contributed by atoms with Crippen LogP contribution in [0.4, 0.5) is 0 Å². The van der Waals surface area contributed by atoms with Gasteiger partial charge in [-0.15, -0.1) is 0 Å². The number of aryl methyl sites for hydroxylation is 2. The Labute approximate surface area is 196 Å². The molecule has 2 aliphatic rings. The third-order valence-electron chi connectivity index (χ3n) is 7.87. The number of carbonyl (C=O) groups is 1. The third-order valence-corrected chi connectivity index (χ3v) is 7.87. The number of fused-ring (bicyclic) bond motifs is 3. The molecule has 0 bridgehead atoms. The molecule has 0 saturated heterocycles. The summed E-state index contributed by atoms with van der Waals surface area (Å²) >= 11 is 0. The fourth-order valence-corrected chi connectivity index (χ4v) is 6.30. The number of rotatable bonds is 5. The molecule has 0 aliphatic heterocycles. The van der Waals surface area contributed by atoms with Gasteiger partial charge in [0.15, 0.2) is 0 Å². The standard InChI is InChI=1S/C29H32N2O2/c1-19-25-14-13-24-27(22-10-6-8-21(18-22)9-7-17-32)30-20(2)31-28(24)29(25,16-15-26(19)33)23-11-4-3-5-12-23/h3-6,8,10-12,18-19,25,32H,7,9,13-17H2,1-2H3/t19-,25-,29+/m0/s1. The number of aromatic nitrogens is 2. The molecule has 0 radical (unpaired) electrons. The monoisotopic (exact) mass is 440 g/mol. The summed E-state index contributed by atoms with van der Waals surface area (Å²) in [4.78, 5) is 22.8. The molecule has 2 aliphatic carbocycles. The lowest BCUT2D eigenvalue weighted by Crippen LogP contribution is -2.50. The summed E-state index contributed by atoms with van der Waals surface area (Å²) in [6.07, 6.45) is 4.88. The second-order valence-corrected chi connectivity index (χ2v) is 9.71. The number of hydrogen-bond acceptors (Lipinski definition) is 4. The molecule has 0 unspecified atom stereocenters. The van der Waals surface area contributed by atoms with Gasteiger partial charge in [-0.1, -0.05) is 55.5 Å². The molecule has 0 amide bonds. The molecule has 1 aromatic heterocycles. The maximum absolute atomic E-state index is 12.8. The van der Waals surface area contributed by atoms with Gasteiger partial charge in [-0.3, -0.25) is 4.79 Å². The van der Waals surface area contributed by atoms with E-state index in [1.54, 1.807) is 0 Å². The molecule has 5 rings (SSSR count). The molecular weight excluding hydrogens is 408 g/mol. The lowest BCUT2D eigenvalue weighted by Gasteiger charge is -2.50. The highest BCUT2D eigenvalue weighted by Crippen LogP contribution is 2.55. The fraction of sp³-hybridized carbons (Fsp3) is 0.414. The summed E-state index contributed by atoms with van der Waals surface area (Å²) in [5.41, 5.74) is 6.76. The van der Waals surface area contributed by atoms with E-state index in [1.807, 2.05) is 6.92 Å². The molecule has 3 atom stereocenters. The van der Waals surface area contributed by atoms with Crippen LogP contribution in [0.15, 0.2) is 54.6 Å². The van der Waals surface area contributed by atoms with Crippen molar-refractivity contribution in [3.8, 4) is 11.3 Å². The Bertz CT molecular complexity index is 1170. The van der Waals surface area contributed by atoms with E-state index < -0.39 is 0 Å². The maximum Gasteiger partial charge on any atom is 0.136 e. The van der Waals surface area contributed by atoms with Crippen molar-refractivity contribution in [2.24, 2.45) is 11.8 Å². The summed E-state index contributed by atoms with van der Waals surface area (Å²) in [6, 6.07) is 19.3. The molecule has 33 heavy (non-hydrogen) atoms. The van der Waals surface area contributed by atoms with E-state index in [4.69, 9.17) is 9.97 Å². The minimum atomic E-state index is -0.251. The largest absolute Gasteiger partial charge is 0.396 e. The van der Waals surface area contributed by atoms with Crippen molar-refractivity contribution in [3.05, 3.63) is 82.8 Å². The second kappa shape index (κ2) is 8.83. The summed E-state index contributed by atoms with van der Waals surface area (Å²) in [5.74, 6) is 1.46. The van der Waals surface area contributed by atoms with Crippen LogP contribution in [0, 0.1) is 18.8 Å². The molecule has 4 heteroatoms. The highest BCUT2D eigenvalue weighted by molar-refractivity contribution is 5.83. The van der Waals surface area contributed by atoms with Crippen molar-refractivity contribution in [2.45, 2.75) is 57.8 Å². The van der Waals surface area contributed by atoms with Crippen LogP contribution < -0.4 is 0 Å². The zero-order valence-electron chi connectivity index (χ0n) is 19.6. The quantitative estimate of drug-likeness (QED) is 0.590. The van der Waals surface area contributed by atoms with Crippen LogP contribution in [-0.2, 0) is 23.1 Å². The Morgan fingerprint density at radius 3 is 2.67 bits per heavy atom. The van der Waals surface area contributed by atoms with Gasteiger partial charge in [0.1, 0.15) is 11.6 Å². The summed E-state index contributed by atoms with van der Waals surface area (Å²) in [5, 5.41) is 9.25. The van der Waals surface area contributed by atoms with Crippen LogP contribution in [0.3, 0.4) is 0 Å². The molecule has 3 aromatic rings. The maximum atomic E-state index is 12.8. The summed E-state index contributed by atoms with van der Waals surface area (Å²) in [7, 11) is 0. The van der Waals surface area contributed by atoms with E-state index >= 15 is 0 Å². The normalized spacial score (nSPS) is 24.3. The Morgan fingerprint density at radius 1 is 1.06 bits per heavy atom. The van der Waals surface area contributed by atoms with E-state index in [-0.39, 0.29) is 23.9 Å². The minimum Gasteiger partial charge on any atom is -0.396 e. The van der Waals surface area contributed by atoms with Crippen molar-refractivity contribution < 1.29 is 9.90 Å². The van der Waals surface area contributed by atoms with Gasteiger partial charge in [0.05, 0.1) is 11.4 Å². The van der Waals surface area contributed by atoms with Gasteiger partial charge >= 0.3 is 0 Å². The molecule has 0 spiro atoms. The van der Waals surface area contributed by atoms with E-state index in [0.29, 0.717) is 12.2 Å². The summed E-state index contributed by atoms with van der Waals surface area (Å²) in [6.45, 7) is 4.30. The van der Waals surface area contributed by atoms with Crippen molar-refractivity contribution in [3.63, 3.8) is 0 Å². The first kappa shape index (κ1) is 22.0. The lowest BCUT2D eigenvalue weighted by atomic mass is 9.52. The number of carbonyl (C=O) groups excluding carboxylic acids is 1. The molecule has 1 saturated carbocycles. The van der Waals surface area contributed by atoms with Crippen LogP contribution in [0.1, 0.15) is 60.8 Å². The number of aliphatic hydroxyl groups excluding tert-OH is 1. The van der Waals surface area contributed by atoms with Crippen molar-refractivity contribution in [1.82, 2.24) is 9.97 Å². The smallest absolute Gasteiger partial charge is 0.136 e. The Hall–Kier alpha value is -2.85. The zero-order chi connectivity index (χ0) is 23.0. The van der Waals surface area contributed by atoms with Crippen molar-refractivity contribution >= 4 is 5.78 Å². The average Bonchev–Trinajstić information content (AvgIpc) is 2.85. The van der Waals surface area contributed by atoms with E-state index in [0.717, 1.165) is 54.9 Å². The van der Waals surface area contributed by atoms with Crippen LogP contribution in [0.5, 0.6) is 0 Å². The second-order valence-electron chi connectivity index (χ2n) is 9.71. The number of benzene rings is 2. The molecule has 170 valence electrons. The number of ketones is 1. The first-order valence-corrected chi connectivity index (χ1v) is 12.2. The van der Waals surface area contributed by atoms with Crippen LogP contribution in [0.25, 0.3) is 11.3 Å². The minimum absolute atomic E-state index is 0.0348. The molecule has 1 fully saturated rings. The van der Waals surface area contributed by atoms with Gasteiger partial charge in [-0.2, -0.15) is 0 Å². The summed E-state index contributed by atoms with van der Waals surface area (Å²) < 4.78 is 0. The first-order chi connectivity index (χ1) is 16.0. The van der Waals surface area contributed by atoms with E-state index in [9.17, 15) is 9.90 Å². The van der Waals surface area contributed by atoms with Gasteiger partial charge in [-0.25, -0.2) is 9.97 Å². The Kier molecular flexibility index (Phi) is 5.88.